The lowest BCUT2D eigenvalue weighted by Crippen LogP contribution is -2.28. The summed E-state index contributed by atoms with van der Waals surface area (Å²) in [6.45, 7) is 8.73. The van der Waals surface area contributed by atoms with E-state index in [1.807, 2.05) is 13.8 Å². The molecule has 7 heteroatoms. The molecular formula is C17H34N2O4S. The van der Waals surface area contributed by atoms with E-state index in [1.54, 1.807) is 0 Å². The van der Waals surface area contributed by atoms with Gasteiger partial charge in [-0.15, -0.1) is 0 Å². The van der Waals surface area contributed by atoms with Gasteiger partial charge in [-0.3, -0.25) is 9.59 Å². The first-order chi connectivity index (χ1) is 11.5. The Morgan fingerprint density at radius 2 is 1.79 bits per heavy atom. The van der Waals surface area contributed by atoms with Gasteiger partial charge in [-0.1, -0.05) is 25.6 Å². The first-order valence-corrected chi connectivity index (χ1v) is 9.67. The van der Waals surface area contributed by atoms with Gasteiger partial charge in [0.15, 0.2) is 5.12 Å². The number of nitrogens with two attached hydrogens (primary N) is 1. The van der Waals surface area contributed by atoms with Crippen molar-refractivity contribution in [1.82, 2.24) is 5.32 Å². The number of ether oxygens (including phenoxy) is 2. The molecule has 142 valence electrons. The third kappa shape index (κ3) is 16.2. The molecule has 0 saturated heterocycles. The molecule has 1 amide bonds. The minimum Gasteiger partial charge on any atom is -0.381 e. The van der Waals surface area contributed by atoms with E-state index in [-0.39, 0.29) is 16.5 Å². The molecule has 1 unspecified atom stereocenters. The molecule has 6 nitrogen and oxygen atoms in total. The summed E-state index contributed by atoms with van der Waals surface area (Å²) < 4.78 is 11.2. The molecule has 0 aliphatic heterocycles. The van der Waals surface area contributed by atoms with Crippen LogP contribution in [0.5, 0.6) is 0 Å². The number of nitrogens with one attached hydrogen (secondary N) is 1. The Balaban J connectivity index is 3.81. The predicted molar refractivity (Wildman–Crippen MR) is 98.8 cm³/mol. The zero-order valence-corrected chi connectivity index (χ0v) is 16.2. The number of carbonyl (C=O) groups is 2. The normalized spacial score (nSPS) is 12.4. The lowest BCUT2D eigenvalue weighted by Gasteiger charge is -2.16. The topological polar surface area (TPSA) is 90.7 Å². The van der Waals surface area contributed by atoms with Crippen molar-refractivity contribution in [3.8, 4) is 0 Å². The third-order valence-corrected chi connectivity index (χ3v) is 4.04. The van der Waals surface area contributed by atoms with Crippen molar-refractivity contribution >= 4 is 22.8 Å². The number of unbranched alkanes of at least 4 members (excludes halogenated alkanes) is 1. The molecule has 0 aromatic carbocycles. The highest BCUT2D eigenvalue weighted by Gasteiger charge is 2.13. The van der Waals surface area contributed by atoms with Crippen LogP contribution in [0.1, 0.15) is 52.9 Å². The maximum absolute atomic E-state index is 11.6. The van der Waals surface area contributed by atoms with Gasteiger partial charge in [-0.25, -0.2) is 0 Å². The average molecular weight is 363 g/mol. The van der Waals surface area contributed by atoms with Gasteiger partial charge >= 0.3 is 0 Å². The van der Waals surface area contributed by atoms with Crippen LogP contribution in [0.4, 0.5) is 0 Å². The van der Waals surface area contributed by atoms with Gasteiger partial charge in [0.05, 0.1) is 0 Å². The van der Waals surface area contributed by atoms with Crippen molar-refractivity contribution in [3.63, 3.8) is 0 Å². The third-order valence-electron chi connectivity index (χ3n) is 3.07. The fourth-order valence-corrected chi connectivity index (χ4v) is 2.71. The van der Waals surface area contributed by atoms with Gasteiger partial charge in [0.1, 0.15) is 5.44 Å². The molecule has 0 aromatic rings. The SMILES string of the molecule is CC(=O)SC(CCNC(=O)CC(C)C)OCCCCOCCCN. The van der Waals surface area contributed by atoms with Gasteiger partial charge < -0.3 is 20.5 Å². The molecular weight excluding hydrogens is 328 g/mol. The minimum absolute atomic E-state index is 0.0265. The predicted octanol–water partition coefficient (Wildman–Crippen LogP) is 2.31. The van der Waals surface area contributed by atoms with Crippen LogP contribution >= 0.6 is 11.8 Å². The minimum atomic E-state index is -0.208. The van der Waals surface area contributed by atoms with Gasteiger partial charge in [0.2, 0.25) is 5.91 Å². The standard InChI is InChI=1S/C17H34N2O4S/c1-14(2)13-16(21)19-9-7-17(24-15(3)20)23-12-5-4-10-22-11-6-8-18/h14,17H,4-13,18H2,1-3H3,(H,19,21). The molecule has 0 aliphatic rings. The van der Waals surface area contributed by atoms with E-state index >= 15 is 0 Å². The second-order valence-electron chi connectivity index (χ2n) is 6.11. The van der Waals surface area contributed by atoms with Gasteiger partial charge in [0, 0.05) is 46.1 Å². The van der Waals surface area contributed by atoms with Crippen LogP contribution in [0.3, 0.4) is 0 Å². The zero-order valence-electron chi connectivity index (χ0n) is 15.3. The van der Waals surface area contributed by atoms with Crippen molar-refractivity contribution < 1.29 is 19.1 Å². The molecule has 0 bridgehead atoms. The Morgan fingerprint density at radius 1 is 1.12 bits per heavy atom. The number of rotatable bonds is 15. The van der Waals surface area contributed by atoms with Crippen LogP contribution in [0.15, 0.2) is 0 Å². The Labute approximate surface area is 150 Å². The molecule has 0 fully saturated rings. The van der Waals surface area contributed by atoms with Crippen LogP contribution in [0.25, 0.3) is 0 Å². The van der Waals surface area contributed by atoms with E-state index in [0.29, 0.717) is 51.7 Å². The molecule has 3 N–H and O–H groups in total. The zero-order chi connectivity index (χ0) is 18.2. The summed E-state index contributed by atoms with van der Waals surface area (Å²) in [4.78, 5) is 22.9. The molecule has 0 rings (SSSR count). The van der Waals surface area contributed by atoms with E-state index in [1.165, 1.54) is 18.7 Å². The van der Waals surface area contributed by atoms with Gasteiger partial charge in [0.25, 0.3) is 0 Å². The Bertz CT molecular complexity index is 341. The van der Waals surface area contributed by atoms with Crippen LogP contribution in [-0.4, -0.2) is 49.4 Å². The maximum atomic E-state index is 11.6. The summed E-state index contributed by atoms with van der Waals surface area (Å²) in [7, 11) is 0. The van der Waals surface area contributed by atoms with Gasteiger partial charge in [-0.05, 0) is 31.7 Å². The summed E-state index contributed by atoms with van der Waals surface area (Å²) in [5.74, 6) is 0.391. The Kier molecular flexibility index (Phi) is 15.5. The Morgan fingerprint density at radius 3 is 2.42 bits per heavy atom. The van der Waals surface area contributed by atoms with Crippen molar-refractivity contribution in [2.75, 3.05) is 32.9 Å². The van der Waals surface area contributed by atoms with Gasteiger partial charge in [-0.2, -0.15) is 0 Å². The molecule has 0 aromatic heterocycles. The maximum Gasteiger partial charge on any atom is 0.220 e. The number of thioether (sulfide) groups is 1. The summed E-state index contributed by atoms with van der Waals surface area (Å²) >= 11 is 1.18. The molecule has 1 atom stereocenters. The smallest absolute Gasteiger partial charge is 0.220 e. The van der Waals surface area contributed by atoms with Crippen molar-refractivity contribution in [2.45, 2.75) is 58.3 Å². The summed E-state index contributed by atoms with van der Waals surface area (Å²) in [5, 5.41) is 2.90. The largest absolute Gasteiger partial charge is 0.381 e. The summed E-state index contributed by atoms with van der Waals surface area (Å²) in [6, 6.07) is 0. The number of carbonyl (C=O) groups excluding carboxylic acids is 2. The first-order valence-electron chi connectivity index (χ1n) is 8.79. The molecule has 0 spiro atoms. The van der Waals surface area contributed by atoms with E-state index in [0.717, 1.165) is 19.3 Å². The highest BCUT2D eigenvalue weighted by Crippen LogP contribution is 2.17. The summed E-state index contributed by atoms with van der Waals surface area (Å²) in [5.41, 5.74) is 5.18. The molecule has 24 heavy (non-hydrogen) atoms. The highest BCUT2D eigenvalue weighted by molar-refractivity contribution is 8.13. The second-order valence-corrected chi connectivity index (χ2v) is 7.44. The van der Waals surface area contributed by atoms with Crippen molar-refractivity contribution in [1.29, 1.82) is 0 Å². The lowest BCUT2D eigenvalue weighted by atomic mass is 10.1. The number of hydrogen-bond acceptors (Lipinski definition) is 6. The van der Waals surface area contributed by atoms with Crippen LogP contribution in [0, 0.1) is 5.92 Å². The molecule has 0 radical (unpaired) electrons. The quantitative estimate of drug-likeness (QED) is 0.343. The lowest BCUT2D eigenvalue weighted by molar-refractivity contribution is -0.121. The van der Waals surface area contributed by atoms with E-state index in [9.17, 15) is 9.59 Å². The van der Waals surface area contributed by atoms with Crippen LogP contribution < -0.4 is 11.1 Å². The van der Waals surface area contributed by atoms with E-state index in [4.69, 9.17) is 15.2 Å². The molecule has 0 heterocycles. The second kappa shape index (κ2) is 15.9. The number of amides is 1. The van der Waals surface area contributed by atoms with Crippen molar-refractivity contribution in [3.05, 3.63) is 0 Å². The average Bonchev–Trinajstić information content (AvgIpc) is 2.48. The van der Waals surface area contributed by atoms with Crippen LogP contribution in [-0.2, 0) is 19.1 Å². The highest BCUT2D eigenvalue weighted by atomic mass is 32.2. The Hall–Kier alpha value is -0.630. The summed E-state index contributed by atoms with van der Waals surface area (Å²) in [6.07, 6.45) is 3.84. The van der Waals surface area contributed by atoms with Crippen LogP contribution in [0.2, 0.25) is 0 Å². The fraction of sp³-hybridized carbons (Fsp3) is 0.882. The van der Waals surface area contributed by atoms with E-state index < -0.39 is 0 Å². The van der Waals surface area contributed by atoms with E-state index in [2.05, 4.69) is 5.32 Å². The molecule has 0 aliphatic carbocycles. The fourth-order valence-electron chi connectivity index (χ4n) is 1.94. The van der Waals surface area contributed by atoms with Crippen molar-refractivity contribution in [2.24, 2.45) is 11.7 Å². The first kappa shape index (κ1) is 23.4. The number of hydrogen-bond donors (Lipinski definition) is 2. The monoisotopic (exact) mass is 362 g/mol. The molecule has 0 saturated carbocycles.